The lowest BCUT2D eigenvalue weighted by atomic mass is 9.86. The van der Waals surface area contributed by atoms with Gasteiger partial charge in [-0.3, -0.25) is 0 Å². The van der Waals surface area contributed by atoms with Gasteiger partial charge in [0.05, 0.1) is 30.2 Å². The van der Waals surface area contributed by atoms with E-state index in [2.05, 4.69) is 15.3 Å². The molecular weight excluding hydrogens is 283 g/mol. The molecule has 2 aromatic heterocycles. The molecule has 0 unspecified atom stereocenters. The average Bonchev–Trinajstić information content (AvgIpc) is 3.02. The molecule has 1 aliphatic rings. The fourth-order valence-electron chi connectivity index (χ4n) is 2.13. The molecule has 0 N–H and O–H groups in total. The van der Waals surface area contributed by atoms with Crippen LogP contribution in [0.5, 0.6) is 5.88 Å². The van der Waals surface area contributed by atoms with Crippen LogP contribution in [0.4, 0.5) is 0 Å². The van der Waals surface area contributed by atoms with E-state index in [0.29, 0.717) is 11.5 Å². The maximum atomic E-state index is 5.97. The number of aromatic nitrogens is 4. The molecule has 0 aromatic carbocycles. The third-order valence-electron chi connectivity index (χ3n) is 4.20. The molecule has 0 spiro atoms. The summed E-state index contributed by atoms with van der Waals surface area (Å²) in [5.74, 6) is 0.519. The highest BCUT2D eigenvalue weighted by molar-refractivity contribution is 6.61. The van der Waals surface area contributed by atoms with Crippen LogP contribution >= 0.6 is 0 Å². The van der Waals surface area contributed by atoms with Crippen LogP contribution in [-0.4, -0.2) is 45.4 Å². The summed E-state index contributed by atoms with van der Waals surface area (Å²) in [5.41, 5.74) is 0.638. The van der Waals surface area contributed by atoms with Gasteiger partial charge in [0.2, 0.25) is 5.88 Å². The Bertz CT molecular complexity index is 670. The zero-order valence-corrected chi connectivity index (χ0v) is 13.4. The number of pyridine rings is 1. The first-order valence-corrected chi connectivity index (χ1v) is 7.11. The Labute approximate surface area is 129 Å². The molecule has 1 fully saturated rings. The molecule has 0 bridgehead atoms. The summed E-state index contributed by atoms with van der Waals surface area (Å²) >= 11 is 0. The number of ether oxygens (including phenoxy) is 1. The Morgan fingerprint density at radius 3 is 2.50 bits per heavy atom. The topological polar surface area (TPSA) is 71.3 Å². The van der Waals surface area contributed by atoms with Crippen molar-refractivity contribution in [3.05, 3.63) is 24.5 Å². The Morgan fingerprint density at radius 2 is 1.86 bits per heavy atom. The number of rotatable bonds is 3. The van der Waals surface area contributed by atoms with Crippen LogP contribution in [0.3, 0.4) is 0 Å². The summed E-state index contributed by atoms with van der Waals surface area (Å²) in [5, 5.41) is 8.29. The maximum absolute atomic E-state index is 5.97. The van der Waals surface area contributed by atoms with Crippen molar-refractivity contribution < 1.29 is 14.0 Å². The highest BCUT2D eigenvalue weighted by atomic mass is 16.7. The van der Waals surface area contributed by atoms with Gasteiger partial charge in [0.25, 0.3) is 0 Å². The molecule has 0 amide bonds. The predicted octanol–water partition coefficient (Wildman–Crippen LogP) is 0.970. The molecule has 1 aliphatic heterocycles. The lowest BCUT2D eigenvalue weighted by Crippen LogP contribution is -2.41. The first kappa shape index (κ1) is 15.0. The summed E-state index contributed by atoms with van der Waals surface area (Å²) in [6, 6.07) is 3.61. The predicted molar refractivity (Wildman–Crippen MR) is 81.4 cm³/mol. The van der Waals surface area contributed by atoms with Crippen molar-refractivity contribution in [3.63, 3.8) is 0 Å². The molecule has 116 valence electrons. The lowest BCUT2D eigenvalue weighted by Gasteiger charge is -2.32. The van der Waals surface area contributed by atoms with Crippen LogP contribution in [0.1, 0.15) is 27.7 Å². The van der Waals surface area contributed by atoms with Gasteiger partial charge in [-0.05, 0) is 33.8 Å². The second-order valence-corrected chi connectivity index (χ2v) is 6.23. The summed E-state index contributed by atoms with van der Waals surface area (Å²) < 4.78 is 18.7. The van der Waals surface area contributed by atoms with Crippen molar-refractivity contribution in [2.24, 2.45) is 0 Å². The van der Waals surface area contributed by atoms with Crippen LogP contribution in [0.15, 0.2) is 24.5 Å². The van der Waals surface area contributed by atoms with Crippen molar-refractivity contribution >= 4 is 12.7 Å². The van der Waals surface area contributed by atoms with Crippen molar-refractivity contribution in [1.82, 2.24) is 20.0 Å². The number of hydrogen-bond acceptors (Lipinski definition) is 6. The van der Waals surface area contributed by atoms with Gasteiger partial charge in [0.1, 0.15) is 5.59 Å². The van der Waals surface area contributed by atoms with E-state index in [1.54, 1.807) is 30.3 Å². The number of hydrogen-bond donors (Lipinski definition) is 0. The van der Waals surface area contributed by atoms with E-state index in [1.165, 1.54) is 0 Å². The molecule has 8 heteroatoms. The molecular formula is C14H19BN4O3. The van der Waals surface area contributed by atoms with Gasteiger partial charge in [0.15, 0.2) is 0 Å². The van der Waals surface area contributed by atoms with Gasteiger partial charge in [-0.25, -0.2) is 9.67 Å². The Hall–Kier alpha value is -1.93. The third-order valence-corrected chi connectivity index (χ3v) is 4.20. The minimum absolute atomic E-state index is 0.401. The smallest absolute Gasteiger partial charge is 0.481 e. The van der Waals surface area contributed by atoms with E-state index in [4.69, 9.17) is 14.0 Å². The highest BCUT2D eigenvalue weighted by Crippen LogP contribution is 2.36. The van der Waals surface area contributed by atoms with Crippen LogP contribution < -0.4 is 10.3 Å². The molecule has 3 heterocycles. The Balaban J connectivity index is 1.86. The highest BCUT2D eigenvalue weighted by Gasteiger charge is 2.52. The molecule has 7 nitrogen and oxygen atoms in total. The van der Waals surface area contributed by atoms with E-state index < -0.39 is 18.3 Å². The SMILES string of the molecule is COc1cc(-n2cc(B3OC(C)(C)C(C)(C)O3)nn2)ccn1. The van der Waals surface area contributed by atoms with E-state index in [0.717, 1.165) is 5.69 Å². The number of nitrogens with zero attached hydrogens (tertiary/aromatic N) is 4. The quantitative estimate of drug-likeness (QED) is 0.787. The first-order valence-electron chi connectivity index (χ1n) is 7.11. The van der Waals surface area contributed by atoms with E-state index in [1.807, 2.05) is 33.8 Å². The van der Waals surface area contributed by atoms with Gasteiger partial charge in [-0.1, -0.05) is 5.21 Å². The molecule has 0 radical (unpaired) electrons. The van der Waals surface area contributed by atoms with Gasteiger partial charge in [0, 0.05) is 12.3 Å². The van der Waals surface area contributed by atoms with Crippen LogP contribution in [0.2, 0.25) is 0 Å². The average molecular weight is 302 g/mol. The third kappa shape index (κ3) is 2.48. The zero-order valence-electron chi connectivity index (χ0n) is 13.4. The van der Waals surface area contributed by atoms with Crippen LogP contribution in [-0.2, 0) is 9.31 Å². The van der Waals surface area contributed by atoms with E-state index in [9.17, 15) is 0 Å². The van der Waals surface area contributed by atoms with Crippen molar-refractivity contribution in [3.8, 4) is 11.6 Å². The summed E-state index contributed by atoms with van der Waals surface area (Å²) in [4.78, 5) is 4.07. The standard InChI is InChI=1S/C14H19BN4O3/c1-13(2)14(3,4)22-15(21-13)11-9-19(18-17-11)10-6-7-16-12(8-10)20-5/h6-9H,1-5H3. The van der Waals surface area contributed by atoms with Crippen LogP contribution in [0, 0.1) is 0 Å². The van der Waals surface area contributed by atoms with E-state index in [-0.39, 0.29) is 0 Å². The molecule has 0 saturated carbocycles. The van der Waals surface area contributed by atoms with Gasteiger partial charge in [-0.15, -0.1) is 5.10 Å². The van der Waals surface area contributed by atoms with Crippen LogP contribution in [0.25, 0.3) is 5.69 Å². The zero-order chi connectivity index (χ0) is 16.0. The van der Waals surface area contributed by atoms with Crippen molar-refractivity contribution in [2.45, 2.75) is 38.9 Å². The fourth-order valence-corrected chi connectivity index (χ4v) is 2.13. The lowest BCUT2D eigenvalue weighted by molar-refractivity contribution is 0.00578. The summed E-state index contributed by atoms with van der Waals surface area (Å²) in [7, 11) is 1.05. The normalized spacial score (nSPS) is 19.4. The Kier molecular flexibility index (Phi) is 3.45. The van der Waals surface area contributed by atoms with Gasteiger partial charge in [-0.2, -0.15) is 0 Å². The fraction of sp³-hybridized carbons (Fsp3) is 0.500. The summed E-state index contributed by atoms with van der Waals surface area (Å²) in [6.07, 6.45) is 3.45. The molecule has 1 saturated heterocycles. The largest absolute Gasteiger partial charge is 0.518 e. The van der Waals surface area contributed by atoms with Gasteiger partial charge >= 0.3 is 7.12 Å². The molecule has 22 heavy (non-hydrogen) atoms. The van der Waals surface area contributed by atoms with Gasteiger partial charge < -0.3 is 14.0 Å². The minimum Gasteiger partial charge on any atom is -0.481 e. The maximum Gasteiger partial charge on any atom is 0.518 e. The number of methoxy groups -OCH3 is 1. The van der Waals surface area contributed by atoms with E-state index >= 15 is 0 Å². The van der Waals surface area contributed by atoms with Crippen molar-refractivity contribution in [1.29, 1.82) is 0 Å². The monoisotopic (exact) mass is 302 g/mol. The Morgan fingerprint density at radius 1 is 1.18 bits per heavy atom. The second kappa shape index (κ2) is 5.07. The van der Waals surface area contributed by atoms with Crippen molar-refractivity contribution in [2.75, 3.05) is 7.11 Å². The minimum atomic E-state index is -0.525. The molecule has 2 aromatic rings. The summed E-state index contributed by atoms with van der Waals surface area (Å²) in [6.45, 7) is 8.02. The molecule has 0 atom stereocenters. The molecule has 0 aliphatic carbocycles. The molecule has 3 rings (SSSR count). The first-order chi connectivity index (χ1) is 10.3. The second-order valence-electron chi connectivity index (χ2n) is 6.23.